The molecule has 1 heterocycles. The second-order valence-corrected chi connectivity index (χ2v) is 7.06. The molecular weight excluding hydrogens is 366 g/mol. The molecule has 0 aliphatic carbocycles. The van der Waals surface area contributed by atoms with Crippen molar-refractivity contribution < 1.29 is 14.3 Å². The van der Waals surface area contributed by atoms with Crippen LogP contribution < -0.4 is 10.2 Å². The van der Waals surface area contributed by atoms with E-state index >= 15 is 0 Å². The summed E-state index contributed by atoms with van der Waals surface area (Å²) in [5.41, 5.74) is 6.04. The Morgan fingerprint density at radius 3 is 2.03 bits per heavy atom. The molecule has 0 radical (unpaired) electrons. The van der Waals surface area contributed by atoms with Crippen molar-refractivity contribution in [3.05, 3.63) is 89.2 Å². The summed E-state index contributed by atoms with van der Waals surface area (Å²) in [4.78, 5) is 26.6. The first-order valence-corrected chi connectivity index (χ1v) is 9.36. The smallest absolute Gasteiger partial charge is 0.270 e. The predicted molar refractivity (Wildman–Crippen MR) is 113 cm³/mol. The Morgan fingerprint density at radius 1 is 0.897 bits per heavy atom. The maximum absolute atomic E-state index is 12.6. The second-order valence-electron chi connectivity index (χ2n) is 7.06. The quantitative estimate of drug-likeness (QED) is 0.697. The van der Waals surface area contributed by atoms with Gasteiger partial charge in [0, 0.05) is 36.6 Å². The predicted octanol–water partition coefficient (Wildman–Crippen LogP) is 3.70. The number of hydrogen-bond donors (Lipinski definition) is 1. The van der Waals surface area contributed by atoms with Gasteiger partial charge in [-0.15, -0.1) is 0 Å². The topological polar surface area (TPSA) is 63.6 Å². The third-order valence-corrected chi connectivity index (χ3v) is 4.62. The molecule has 3 rings (SSSR count). The molecule has 0 saturated carbocycles. The van der Waals surface area contributed by atoms with Gasteiger partial charge in [-0.3, -0.25) is 19.7 Å². The maximum atomic E-state index is 12.6. The van der Waals surface area contributed by atoms with E-state index in [4.69, 9.17) is 4.74 Å². The molecule has 0 unspecified atom stereocenters. The average Bonchev–Trinajstić information content (AvgIpc) is 3.04. The van der Waals surface area contributed by atoms with Crippen molar-refractivity contribution in [3.63, 3.8) is 0 Å². The van der Waals surface area contributed by atoms with Crippen molar-refractivity contribution in [2.45, 2.75) is 20.0 Å². The highest BCUT2D eigenvalue weighted by Gasteiger charge is 2.24. The fraction of sp³-hybridized carbons (Fsp3) is 0.217. The number of hydrogen-bond acceptors (Lipinski definition) is 3. The van der Waals surface area contributed by atoms with Crippen LogP contribution in [0.5, 0.6) is 5.75 Å². The van der Waals surface area contributed by atoms with Gasteiger partial charge in [0.05, 0.1) is 0 Å². The average molecular weight is 391 g/mol. The molecule has 150 valence electrons. The number of benzene rings is 2. The first-order chi connectivity index (χ1) is 13.9. The van der Waals surface area contributed by atoms with E-state index < -0.39 is 6.10 Å². The van der Waals surface area contributed by atoms with Crippen molar-refractivity contribution in [3.8, 4) is 5.75 Å². The molecule has 6 nitrogen and oxygen atoms in total. The largest absolute Gasteiger partial charge is 0.476 e. The third kappa shape index (κ3) is 4.66. The first kappa shape index (κ1) is 20.2. The summed E-state index contributed by atoms with van der Waals surface area (Å²) in [6, 6.07) is 20.0. The zero-order valence-electron chi connectivity index (χ0n) is 17.0. The lowest BCUT2D eigenvalue weighted by Crippen LogP contribution is -2.31. The van der Waals surface area contributed by atoms with Gasteiger partial charge in [-0.25, -0.2) is 0 Å². The van der Waals surface area contributed by atoms with Crippen molar-refractivity contribution in [1.82, 2.24) is 9.58 Å². The Bertz CT molecular complexity index is 972. The van der Waals surface area contributed by atoms with Crippen LogP contribution in [0, 0.1) is 13.8 Å². The van der Waals surface area contributed by atoms with Gasteiger partial charge in [-0.1, -0.05) is 30.3 Å². The van der Waals surface area contributed by atoms with Crippen LogP contribution in [-0.2, 0) is 4.79 Å². The summed E-state index contributed by atoms with van der Waals surface area (Å²) >= 11 is 0. The molecule has 0 aliphatic rings. The van der Waals surface area contributed by atoms with Crippen molar-refractivity contribution in [2.75, 3.05) is 19.5 Å². The summed E-state index contributed by atoms with van der Waals surface area (Å²) < 4.78 is 7.72. The number of rotatable bonds is 6. The lowest BCUT2D eigenvalue weighted by atomic mass is 10.1. The van der Waals surface area contributed by atoms with Crippen LogP contribution in [0.1, 0.15) is 33.4 Å². The van der Waals surface area contributed by atoms with Crippen molar-refractivity contribution >= 4 is 11.8 Å². The summed E-state index contributed by atoms with van der Waals surface area (Å²) in [5.74, 6) is 0.137. The highest BCUT2D eigenvalue weighted by molar-refractivity contribution is 6.00. The molecule has 2 aromatic carbocycles. The minimum absolute atomic E-state index is 0.156. The number of aryl methyl sites for hydroxylation is 2. The minimum atomic E-state index is -0.754. The highest BCUT2D eigenvalue weighted by atomic mass is 16.5. The van der Waals surface area contributed by atoms with Crippen molar-refractivity contribution in [2.24, 2.45) is 0 Å². The maximum Gasteiger partial charge on any atom is 0.270 e. The fourth-order valence-corrected chi connectivity index (χ4v) is 2.96. The van der Waals surface area contributed by atoms with E-state index in [2.05, 4.69) is 5.43 Å². The second kappa shape index (κ2) is 8.65. The molecule has 0 bridgehead atoms. The van der Waals surface area contributed by atoms with Gasteiger partial charge in [-0.2, -0.15) is 0 Å². The van der Waals surface area contributed by atoms with Crippen LogP contribution in [0.25, 0.3) is 0 Å². The molecule has 0 fully saturated rings. The van der Waals surface area contributed by atoms with Crippen LogP contribution in [0.4, 0.5) is 0 Å². The number of amides is 2. The van der Waals surface area contributed by atoms with E-state index in [0.717, 1.165) is 17.0 Å². The van der Waals surface area contributed by atoms with E-state index in [1.807, 2.05) is 56.3 Å². The molecule has 1 N–H and O–H groups in total. The number of carbonyl (C=O) groups excluding carboxylic acids is 2. The molecule has 0 aliphatic heterocycles. The molecule has 1 atom stereocenters. The zero-order valence-corrected chi connectivity index (χ0v) is 17.0. The van der Waals surface area contributed by atoms with Gasteiger partial charge in [0.2, 0.25) is 6.10 Å². The van der Waals surface area contributed by atoms with Crippen LogP contribution in [0.15, 0.2) is 66.7 Å². The van der Waals surface area contributed by atoms with E-state index in [1.165, 1.54) is 4.90 Å². The molecule has 29 heavy (non-hydrogen) atoms. The third-order valence-electron chi connectivity index (χ3n) is 4.62. The van der Waals surface area contributed by atoms with Gasteiger partial charge < -0.3 is 9.64 Å². The molecule has 1 aromatic heterocycles. The Balaban J connectivity index is 1.76. The van der Waals surface area contributed by atoms with E-state index in [1.54, 1.807) is 43.0 Å². The lowest BCUT2D eigenvalue weighted by Gasteiger charge is -2.22. The number of carbonyl (C=O) groups is 2. The van der Waals surface area contributed by atoms with Crippen LogP contribution in [0.2, 0.25) is 0 Å². The van der Waals surface area contributed by atoms with Crippen LogP contribution >= 0.6 is 0 Å². The fourth-order valence-electron chi connectivity index (χ4n) is 2.96. The molecule has 0 spiro atoms. The molecule has 2 amide bonds. The Hall–Kier alpha value is -3.54. The number of aromatic nitrogens is 1. The van der Waals surface area contributed by atoms with E-state index in [-0.39, 0.29) is 11.8 Å². The standard InChI is InChI=1S/C23H25N3O3/c1-16-10-11-17(2)26(16)24-22(27)19-12-14-20(15-13-19)29-21(23(28)25(3)4)18-8-6-5-7-9-18/h5-15,21H,1-4H3,(H,24,27)/t21-/m1/s1. The summed E-state index contributed by atoms with van der Waals surface area (Å²) in [6.07, 6.45) is -0.754. The van der Waals surface area contributed by atoms with Gasteiger partial charge in [-0.05, 0) is 50.2 Å². The first-order valence-electron chi connectivity index (χ1n) is 9.36. The molecule has 3 aromatic rings. The van der Waals surface area contributed by atoms with E-state index in [0.29, 0.717) is 11.3 Å². The summed E-state index contributed by atoms with van der Waals surface area (Å²) in [6.45, 7) is 3.85. The molecular formula is C23H25N3O3. The van der Waals surface area contributed by atoms with Crippen LogP contribution in [-0.4, -0.2) is 35.5 Å². The summed E-state index contributed by atoms with van der Waals surface area (Å²) in [5, 5.41) is 0. The summed E-state index contributed by atoms with van der Waals surface area (Å²) in [7, 11) is 3.39. The molecule has 6 heteroatoms. The number of nitrogens with zero attached hydrogens (tertiary/aromatic N) is 2. The minimum Gasteiger partial charge on any atom is -0.476 e. The van der Waals surface area contributed by atoms with Gasteiger partial charge in [0.25, 0.3) is 11.8 Å². The number of nitrogens with one attached hydrogen (secondary N) is 1. The monoisotopic (exact) mass is 391 g/mol. The van der Waals surface area contributed by atoms with Crippen LogP contribution in [0.3, 0.4) is 0 Å². The zero-order chi connectivity index (χ0) is 21.0. The normalized spacial score (nSPS) is 11.6. The van der Waals surface area contributed by atoms with Crippen molar-refractivity contribution in [1.29, 1.82) is 0 Å². The van der Waals surface area contributed by atoms with Gasteiger partial charge in [0.1, 0.15) is 5.75 Å². The Labute approximate surface area is 170 Å². The highest BCUT2D eigenvalue weighted by Crippen LogP contribution is 2.24. The SMILES string of the molecule is Cc1ccc(C)n1NC(=O)c1ccc(O[C@@H](C(=O)N(C)C)c2ccccc2)cc1. The molecule has 0 saturated heterocycles. The van der Waals surface area contributed by atoms with Gasteiger partial charge in [0.15, 0.2) is 0 Å². The Kier molecular flexibility index (Phi) is 6.02. The Morgan fingerprint density at radius 2 is 1.48 bits per heavy atom. The number of ether oxygens (including phenoxy) is 1. The lowest BCUT2D eigenvalue weighted by molar-refractivity contribution is -0.136. The van der Waals surface area contributed by atoms with E-state index in [9.17, 15) is 9.59 Å². The van der Waals surface area contributed by atoms with Gasteiger partial charge >= 0.3 is 0 Å². The number of likely N-dealkylation sites (N-methyl/N-ethyl adjacent to an activating group) is 1.